The second-order valence-corrected chi connectivity index (χ2v) is 6.35. The number of likely N-dealkylation sites (tertiary alicyclic amines) is 1. The molecule has 5 heteroatoms. The Hall–Kier alpha value is -1.23. The third-order valence-corrected chi connectivity index (χ3v) is 5.11. The van der Waals surface area contributed by atoms with Crippen molar-refractivity contribution >= 4 is 11.5 Å². The fourth-order valence-electron chi connectivity index (χ4n) is 4.07. The first kappa shape index (κ1) is 13.7. The van der Waals surface area contributed by atoms with Crippen molar-refractivity contribution in [3.8, 4) is 0 Å². The zero-order valence-electron chi connectivity index (χ0n) is 13.0. The predicted octanol–water partition coefficient (Wildman–Crippen LogP) is 1.49. The fraction of sp³-hybridized carbons (Fsp3) is 0.800. The Labute approximate surface area is 121 Å². The molecule has 0 amide bonds. The van der Waals surface area contributed by atoms with E-state index in [0.717, 1.165) is 48.7 Å². The number of hydrogen-bond acceptors (Lipinski definition) is 4. The maximum Gasteiger partial charge on any atom is 0.150 e. The molecule has 1 aromatic heterocycles. The third kappa shape index (κ3) is 2.18. The van der Waals surface area contributed by atoms with Crippen LogP contribution in [0.25, 0.3) is 0 Å². The molecule has 0 spiro atoms. The Bertz CT molecular complexity index is 481. The molecular formula is C15H27N5. The maximum absolute atomic E-state index is 6.31. The SMILES string of the molecule is CCc1nn(C)c(N2CCC3C(CCCN3C)C2)c1N. The van der Waals surface area contributed by atoms with Crippen molar-refractivity contribution in [3.63, 3.8) is 0 Å². The number of nitrogen functional groups attached to an aromatic ring is 1. The predicted molar refractivity (Wildman–Crippen MR) is 83.0 cm³/mol. The van der Waals surface area contributed by atoms with Crippen LogP contribution in [0.4, 0.5) is 11.5 Å². The number of nitrogens with zero attached hydrogens (tertiary/aromatic N) is 4. The zero-order valence-corrected chi connectivity index (χ0v) is 13.0. The number of fused-ring (bicyclic) bond motifs is 1. The molecule has 0 aromatic carbocycles. The Kier molecular flexibility index (Phi) is 3.63. The van der Waals surface area contributed by atoms with Gasteiger partial charge in [0.25, 0.3) is 0 Å². The van der Waals surface area contributed by atoms with E-state index in [-0.39, 0.29) is 0 Å². The lowest BCUT2D eigenvalue weighted by Gasteiger charge is -2.46. The monoisotopic (exact) mass is 277 g/mol. The standard InChI is InChI=1S/C15H27N5/c1-4-12-14(16)15(19(3)17-12)20-9-7-13-11(10-20)6-5-8-18(13)2/h11,13H,4-10,16H2,1-3H3. The Morgan fingerprint density at radius 3 is 2.75 bits per heavy atom. The van der Waals surface area contributed by atoms with Gasteiger partial charge in [0.05, 0.1) is 11.4 Å². The van der Waals surface area contributed by atoms with Gasteiger partial charge in [-0.3, -0.25) is 4.68 Å². The van der Waals surface area contributed by atoms with E-state index in [0.29, 0.717) is 0 Å². The summed E-state index contributed by atoms with van der Waals surface area (Å²) < 4.78 is 1.97. The summed E-state index contributed by atoms with van der Waals surface area (Å²) in [6, 6.07) is 0.764. The molecule has 0 radical (unpaired) electrons. The number of aryl methyl sites for hydroxylation is 2. The van der Waals surface area contributed by atoms with Gasteiger partial charge in [-0.25, -0.2) is 0 Å². The van der Waals surface area contributed by atoms with Gasteiger partial charge in [0.2, 0.25) is 0 Å². The molecule has 2 atom stereocenters. The van der Waals surface area contributed by atoms with Gasteiger partial charge in [0.15, 0.2) is 0 Å². The molecule has 0 bridgehead atoms. The highest BCUT2D eigenvalue weighted by Crippen LogP contribution is 2.34. The van der Waals surface area contributed by atoms with Crippen LogP contribution in [0, 0.1) is 5.92 Å². The van der Waals surface area contributed by atoms with Crippen molar-refractivity contribution in [3.05, 3.63) is 5.69 Å². The number of anilines is 2. The fourth-order valence-corrected chi connectivity index (χ4v) is 4.07. The van der Waals surface area contributed by atoms with E-state index < -0.39 is 0 Å². The van der Waals surface area contributed by atoms with Crippen LogP contribution >= 0.6 is 0 Å². The van der Waals surface area contributed by atoms with Gasteiger partial charge < -0.3 is 15.5 Å². The van der Waals surface area contributed by atoms with Crippen molar-refractivity contribution in [2.24, 2.45) is 13.0 Å². The minimum Gasteiger partial charge on any atom is -0.394 e. The number of aromatic nitrogens is 2. The van der Waals surface area contributed by atoms with E-state index in [2.05, 4.69) is 28.9 Å². The Morgan fingerprint density at radius 1 is 1.25 bits per heavy atom. The molecule has 2 unspecified atom stereocenters. The van der Waals surface area contributed by atoms with Crippen LogP contribution in [0.3, 0.4) is 0 Å². The van der Waals surface area contributed by atoms with E-state index in [1.54, 1.807) is 0 Å². The van der Waals surface area contributed by atoms with Crippen molar-refractivity contribution in [1.82, 2.24) is 14.7 Å². The van der Waals surface area contributed by atoms with E-state index >= 15 is 0 Å². The summed E-state index contributed by atoms with van der Waals surface area (Å²) in [4.78, 5) is 5.01. The van der Waals surface area contributed by atoms with Crippen LogP contribution in [-0.4, -0.2) is 47.4 Å². The first-order valence-corrected chi connectivity index (χ1v) is 7.88. The number of nitrogens with two attached hydrogens (primary N) is 1. The Balaban J connectivity index is 1.81. The second-order valence-electron chi connectivity index (χ2n) is 6.35. The van der Waals surface area contributed by atoms with Gasteiger partial charge in [0.1, 0.15) is 5.82 Å². The highest BCUT2D eigenvalue weighted by Gasteiger charge is 2.35. The first-order valence-electron chi connectivity index (χ1n) is 7.88. The smallest absolute Gasteiger partial charge is 0.150 e. The summed E-state index contributed by atoms with van der Waals surface area (Å²) in [6.45, 7) is 5.60. The molecule has 3 rings (SSSR count). The summed E-state index contributed by atoms with van der Waals surface area (Å²) in [5.74, 6) is 1.91. The molecule has 1 aromatic rings. The minimum atomic E-state index is 0.764. The molecule has 112 valence electrons. The molecule has 5 nitrogen and oxygen atoms in total. The van der Waals surface area contributed by atoms with Crippen molar-refractivity contribution in [1.29, 1.82) is 0 Å². The van der Waals surface area contributed by atoms with Gasteiger partial charge in [-0.05, 0) is 45.2 Å². The summed E-state index contributed by atoms with van der Waals surface area (Å²) in [6.07, 6.45) is 4.83. The minimum absolute atomic E-state index is 0.764. The second kappa shape index (κ2) is 5.28. The quantitative estimate of drug-likeness (QED) is 0.890. The summed E-state index contributed by atoms with van der Waals surface area (Å²) in [5.41, 5.74) is 8.22. The van der Waals surface area contributed by atoms with Gasteiger partial charge in [0, 0.05) is 26.2 Å². The molecule has 0 saturated carbocycles. The first-order chi connectivity index (χ1) is 9.61. The molecule has 2 fully saturated rings. The molecule has 2 aliphatic rings. The van der Waals surface area contributed by atoms with Crippen LogP contribution in [0.2, 0.25) is 0 Å². The molecule has 2 N–H and O–H groups in total. The van der Waals surface area contributed by atoms with E-state index in [4.69, 9.17) is 5.73 Å². The average molecular weight is 277 g/mol. The highest BCUT2D eigenvalue weighted by molar-refractivity contribution is 5.66. The van der Waals surface area contributed by atoms with Crippen LogP contribution in [0.5, 0.6) is 0 Å². The third-order valence-electron chi connectivity index (χ3n) is 5.11. The van der Waals surface area contributed by atoms with Gasteiger partial charge in [-0.1, -0.05) is 6.92 Å². The van der Waals surface area contributed by atoms with Gasteiger partial charge in [-0.2, -0.15) is 5.10 Å². The summed E-state index contributed by atoms with van der Waals surface area (Å²) in [7, 11) is 4.30. The van der Waals surface area contributed by atoms with Crippen LogP contribution in [-0.2, 0) is 13.5 Å². The van der Waals surface area contributed by atoms with E-state index in [9.17, 15) is 0 Å². The van der Waals surface area contributed by atoms with Crippen LogP contribution < -0.4 is 10.6 Å². The molecule has 3 heterocycles. The lowest BCUT2D eigenvalue weighted by Crippen LogP contribution is -2.53. The van der Waals surface area contributed by atoms with E-state index in [1.165, 1.54) is 25.8 Å². The summed E-state index contributed by atoms with van der Waals surface area (Å²) >= 11 is 0. The average Bonchev–Trinajstić information content (AvgIpc) is 2.73. The van der Waals surface area contributed by atoms with Crippen LogP contribution in [0.1, 0.15) is 31.9 Å². The Morgan fingerprint density at radius 2 is 2.05 bits per heavy atom. The van der Waals surface area contributed by atoms with Gasteiger partial charge in [-0.15, -0.1) is 0 Å². The molecule has 20 heavy (non-hydrogen) atoms. The van der Waals surface area contributed by atoms with Crippen LogP contribution in [0.15, 0.2) is 0 Å². The molecular weight excluding hydrogens is 250 g/mol. The lowest BCUT2D eigenvalue weighted by atomic mass is 9.84. The number of rotatable bonds is 2. The molecule has 0 aliphatic carbocycles. The summed E-state index contributed by atoms with van der Waals surface area (Å²) in [5, 5.41) is 4.56. The van der Waals surface area contributed by atoms with Crippen molar-refractivity contribution < 1.29 is 0 Å². The largest absolute Gasteiger partial charge is 0.394 e. The molecule has 2 aliphatic heterocycles. The van der Waals surface area contributed by atoms with Crippen molar-refractivity contribution in [2.75, 3.05) is 37.3 Å². The highest BCUT2D eigenvalue weighted by atomic mass is 15.4. The van der Waals surface area contributed by atoms with Crippen molar-refractivity contribution in [2.45, 2.75) is 38.6 Å². The van der Waals surface area contributed by atoms with E-state index in [1.807, 2.05) is 11.7 Å². The molecule has 2 saturated heterocycles. The normalized spacial score (nSPS) is 27.6. The zero-order chi connectivity index (χ0) is 14.3. The topological polar surface area (TPSA) is 50.3 Å². The lowest BCUT2D eigenvalue weighted by molar-refractivity contribution is 0.102. The number of hydrogen-bond donors (Lipinski definition) is 1. The number of piperidine rings is 2. The van der Waals surface area contributed by atoms with Gasteiger partial charge >= 0.3 is 0 Å². The maximum atomic E-state index is 6.31.